The lowest BCUT2D eigenvalue weighted by molar-refractivity contribution is 0.382. The molecule has 4 nitrogen and oxygen atoms in total. The summed E-state index contributed by atoms with van der Waals surface area (Å²) in [6, 6.07) is 10.4. The van der Waals surface area contributed by atoms with Crippen LogP contribution < -0.4 is 10.1 Å². The molecule has 1 aromatic carbocycles. The van der Waals surface area contributed by atoms with Crippen molar-refractivity contribution >= 4 is 0 Å². The third kappa shape index (κ3) is 3.39. The Labute approximate surface area is 120 Å². The molecular weight excluding hydrogens is 250 g/mol. The van der Waals surface area contributed by atoms with Crippen molar-refractivity contribution in [2.24, 2.45) is 0 Å². The Morgan fingerprint density at radius 1 is 1.30 bits per heavy atom. The van der Waals surface area contributed by atoms with Crippen molar-refractivity contribution in [3.63, 3.8) is 0 Å². The number of hydrogen-bond donors (Lipinski definition) is 1. The predicted molar refractivity (Wildman–Crippen MR) is 81.0 cm³/mol. The normalized spacial score (nSPS) is 12.3. The molecule has 1 heterocycles. The fourth-order valence-electron chi connectivity index (χ4n) is 2.31. The number of benzene rings is 1. The van der Waals surface area contributed by atoms with Crippen LogP contribution >= 0.6 is 0 Å². The number of nitrogens with one attached hydrogen (secondary N) is 1. The standard InChI is InChI=1S/C16H23N3O/c1-4-10-17-15(12-19-13(2)9-11-18-19)14-7-5-6-8-16(14)20-3/h5-9,11,15,17H,4,10,12H2,1-3H3. The Kier molecular flexibility index (Phi) is 5.18. The molecule has 20 heavy (non-hydrogen) atoms. The second-order valence-electron chi connectivity index (χ2n) is 4.90. The van der Waals surface area contributed by atoms with Crippen LogP contribution in [-0.2, 0) is 6.54 Å². The summed E-state index contributed by atoms with van der Waals surface area (Å²) in [5.41, 5.74) is 2.35. The summed E-state index contributed by atoms with van der Waals surface area (Å²) in [6.07, 6.45) is 2.94. The van der Waals surface area contributed by atoms with E-state index in [0.717, 1.165) is 25.3 Å². The van der Waals surface area contributed by atoms with Crippen LogP contribution in [0.3, 0.4) is 0 Å². The number of rotatable bonds is 7. The van der Waals surface area contributed by atoms with Gasteiger partial charge in [-0.2, -0.15) is 5.10 Å². The number of ether oxygens (including phenoxy) is 1. The van der Waals surface area contributed by atoms with Gasteiger partial charge >= 0.3 is 0 Å². The van der Waals surface area contributed by atoms with Crippen molar-refractivity contribution in [2.75, 3.05) is 13.7 Å². The summed E-state index contributed by atoms with van der Waals surface area (Å²) >= 11 is 0. The zero-order chi connectivity index (χ0) is 14.4. The molecule has 0 aliphatic carbocycles. The lowest BCUT2D eigenvalue weighted by Crippen LogP contribution is -2.27. The van der Waals surface area contributed by atoms with Gasteiger partial charge in [0, 0.05) is 17.5 Å². The van der Waals surface area contributed by atoms with Gasteiger partial charge in [0.05, 0.1) is 19.7 Å². The minimum Gasteiger partial charge on any atom is -0.496 e. The molecule has 1 N–H and O–H groups in total. The van der Waals surface area contributed by atoms with Crippen LogP contribution in [-0.4, -0.2) is 23.4 Å². The van der Waals surface area contributed by atoms with E-state index in [1.54, 1.807) is 7.11 Å². The number of methoxy groups -OCH3 is 1. The smallest absolute Gasteiger partial charge is 0.123 e. The molecule has 0 fully saturated rings. The molecule has 108 valence electrons. The molecule has 0 bridgehead atoms. The highest BCUT2D eigenvalue weighted by molar-refractivity contribution is 5.35. The molecule has 0 aliphatic rings. The number of hydrogen-bond acceptors (Lipinski definition) is 3. The van der Waals surface area contributed by atoms with E-state index in [-0.39, 0.29) is 6.04 Å². The fraction of sp³-hybridized carbons (Fsp3) is 0.438. The summed E-state index contributed by atoms with van der Waals surface area (Å²) < 4.78 is 7.51. The van der Waals surface area contributed by atoms with Gasteiger partial charge in [-0.1, -0.05) is 25.1 Å². The van der Waals surface area contributed by atoms with E-state index in [2.05, 4.69) is 36.4 Å². The molecule has 0 saturated carbocycles. The van der Waals surface area contributed by atoms with E-state index >= 15 is 0 Å². The van der Waals surface area contributed by atoms with Crippen LogP contribution in [0.15, 0.2) is 36.5 Å². The molecule has 0 spiro atoms. The molecule has 2 aromatic rings. The highest BCUT2D eigenvalue weighted by Crippen LogP contribution is 2.26. The summed E-state index contributed by atoms with van der Waals surface area (Å²) in [5.74, 6) is 0.922. The van der Waals surface area contributed by atoms with Gasteiger partial charge in [0.2, 0.25) is 0 Å². The van der Waals surface area contributed by atoms with Crippen LogP contribution in [0.5, 0.6) is 5.75 Å². The maximum absolute atomic E-state index is 5.49. The van der Waals surface area contributed by atoms with Crippen LogP contribution in [0.4, 0.5) is 0 Å². The maximum atomic E-state index is 5.49. The Balaban J connectivity index is 2.24. The van der Waals surface area contributed by atoms with Crippen molar-refractivity contribution < 1.29 is 4.74 Å². The van der Waals surface area contributed by atoms with Gasteiger partial charge in [0.25, 0.3) is 0 Å². The highest BCUT2D eigenvalue weighted by Gasteiger charge is 2.16. The first kappa shape index (κ1) is 14.6. The van der Waals surface area contributed by atoms with E-state index in [0.29, 0.717) is 0 Å². The van der Waals surface area contributed by atoms with E-state index in [4.69, 9.17) is 4.74 Å². The molecular formula is C16H23N3O. The minimum atomic E-state index is 0.199. The second-order valence-corrected chi connectivity index (χ2v) is 4.90. The molecule has 0 aliphatic heterocycles. The van der Waals surface area contributed by atoms with E-state index in [9.17, 15) is 0 Å². The topological polar surface area (TPSA) is 39.1 Å². The minimum absolute atomic E-state index is 0.199. The van der Waals surface area contributed by atoms with Gasteiger partial charge in [-0.3, -0.25) is 4.68 Å². The lowest BCUT2D eigenvalue weighted by Gasteiger charge is -2.22. The molecule has 0 radical (unpaired) electrons. The van der Waals surface area contributed by atoms with Crippen molar-refractivity contribution in [1.29, 1.82) is 0 Å². The quantitative estimate of drug-likeness (QED) is 0.843. The Bertz CT molecular complexity index is 536. The number of aryl methyl sites for hydroxylation is 1. The molecule has 4 heteroatoms. The zero-order valence-corrected chi connectivity index (χ0v) is 12.5. The first-order valence-electron chi connectivity index (χ1n) is 7.11. The lowest BCUT2D eigenvalue weighted by atomic mass is 10.1. The Morgan fingerprint density at radius 2 is 2.10 bits per heavy atom. The second kappa shape index (κ2) is 7.10. The van der Waals surface area contributed by atoms with Gasteiger partial charge in [0.15, 0.2) is 0 Å². The van der Waals surface area contributed by atoms with E-state index in [1.165, 1.54) is 11.3 Å². The third-order valence-corrected chi connectivity index (χ3v) is 3.44. The summed E-state index contributed by atoms with van der Waals surface area (Å²) in [4.78, 5) is 0. The van der Waals surface area contributed by atoms with Crippen LogP contribution in [0.25, 0.3) is 0 Å². The van der Waals surface area contributed by atoms with Crippen molar-refractivity contribution in [3.05, 3.63) is 47.8 Å². The van der Waals surface area contributed by atoms with Gasteiger partial charge in [-0.05, 0) is 32.0 Å². The average Bonchev–Trinajstić information content (AvgIpc) is 2.88. The Morgan fingerprint density at radius 3 is 2.75 bits per heavy atom. The van der Waals surface area contributed by atoms with E-state index < -0.39 is 0 Å². The number of nitrogens with zero attached hydrogens (tertiary/aromatic N) is 2. The molecule has 1 aromatic heterocycles. The van der Waals surface area contributed by atoms with Crippen molar-refractivity contribution in [2.45, 2.75) is 32.9 Å². The van der Waals surface area contributed by atoms with Crippen LogP contribution in [0.1, 0.15) is 30.6 Å². The average molecular weight is 273 g/mol. The molecule has 1 unspecified atom stereocenters. The monoisotopic (exact) mass is 273 g/mol. The molecule has 0 saturated heterocycles. The first-order chi connectivity index (χ1) is 9.76. The largest absolute Gasteiger partial charge is 0.496 e. The van der Waals surface area contributed by atoms with Gasteiger partial charge in [-0.25, -0.2) is 0 Å². The molecule has 1 atom stereocenters. The van der Waals surface area contributed by atoms with Gasteiger partial charge in [0.1, 0.15) is 5.75 Å². The zero-order valence-electron chi connectivity index (χ0n) is 12.5. The molecule has 2 rings (SSSR count). The number of aromatic nitrogens is 2. The van der Waals surface area contributed by atoms with Crippen LogP contribution in [0.2, 0.25) is 0 Å². The van der Waals surface area contributed by atoms with Gasteiger partial charge < -0.3 is 10.1 Å². The first-order valence-corrected chi connectivity index (χ1v) is 7.11. The summed E-state index contributed by atoms with van der Waals surface area (Å²) in [5, 5.41) is 7.97. The van der Waals surface area contributed by atoms with Gasteiger partial charge in [-0.15, -0.1) is 0 Å². The summed E-state index contributed by atoms with van der Waals surface area (Å²) in [7, 11) is 1.72. The molecule has 0 amide bonds. The van der Waals surface area contributed by atoms with Crippen molar-refractivity contribution in [3.8, 4) is 5.75 Å². The highest BCUT2D eigenvalue weighted by atomic mass is 16.5. The third-order valence-electron chi connectivity index (χ3n) is 3.44. The summed E-state index contributed by atoms with van der Waals surface area (Å²) in [6.45, 7) is 6.03. The predicted octanol–water partition coefficient (Wildman–Crippen LogP) is 2.94. The van der Waals surface area contributed by atoms with Crippen molar-refractivity contribution in [1.82, 2.24) is 15.1 Å². The van der Waals surface area contributed by atoms with E-state index in [1.807, 2.05) is 29.1 Å². The maximum Gasteiger partial charge on any atom is 0.123 e. The SMILES string of the molecule is CCCNC(Cn1nccc1C)c1ccccc1OC. The Hall–Kier alpha value is -1.81. The number of para-hydroxylation sites is 1. The fourth-order valence-corrected chi connectivity index (χ4v) is 2.31. The van der Waals surface area contributed by atoms with Crippen LogP contribution in [0, 0.1) is 6.92 Å².